The van der Waals surface area contributed by atoms with Crippen LogP contribution in [0, 0.1) is 0 Å². The first-order valence-corrected chi connectivity index (χ1v) is 8.91. The van der Waals surface area contributed by atoms with E-state index in [0.29, 0.717) is 10.5 Å². The molecule has 0 N–H and O–H groups in total. The van der Waals surface area contributed by atoms with Gasteiger partial charge in [-0.2, -0.15) is 0 Å². The van der Waals surface area contributed by atoms with Crippen molar-refractivity contribution in [2.24, 2.45) is 0 Å². The van der Waals surface area contributed by atoms with Crippen molar-refractivity contribution in [2.75, 3.05) is 19.4 Å². The number of carbonyl (C=O) groups excluding carboxylic acids is 1. The minimum atomic E-state index is -3.45. The summed E-state index contributed by atoms with van der Waals surface area (Å²) < 4.78 is 25.3. The van der Waals surface area contributed by atoms with Gasteiger partial charge in [-0.3, -0.25) is 9.63 Å². The predicted octanol–water partition coefficient (Wildman–Crippen LogP) is 2.26. The zero-order chi connectivity index (χ0) is 16.4. The van der Waals surface area contributed by atoms with Gasteiger partial charge in [0.2, 0.25) is 0 Å². The van der Waals surface area contributed by atoms with Crippen molar-refractivity contribution >= 4 is 15.7 Å². The number of hydroxylamine groups is 2. The Kier molecular flexibility index (Phi) is 4.19. The van der Waals surface area contributed by atoms with E-state index in [1.807, 2.05) is 12.1 Å². The third-order valence-corrected chi connectivity index (χ3v) is 5.82. The van der Waals surface area contributed by atoms with Crippen LogP contribution in [0.15, 0.2) is 59.5 Å². The average Bonchev–Trinajstić information content (AvgIpc) is 2.58. The Bertz CT molecular complexity index is 817. The van der Waals surface area contributed by atoms with Crippen LogP contribution in [0.25, 0.3) is 0 Å². The van der Waals surface area contributed by atoms with Crippen LogP contribution in [-0.2, 0) is 14.7 Å². The number of sulfone groups is 1. The van der Waals surface area contributed by atoms with Gasteiger partial charge >= 0.3 is 0 Å². The Morgan fingerprint density at radius 1 is 1.09 bits per heavy atom. The SMILES string of the molecule is CON1CC(CS(=O)(=O)c2ccccc2)c2ccccc2C1=O. The fourth-order valence-electron chi connectivity index (χ4n) is 2.85. The van der Waals surface area contributed by atoms with Crippen LogP contribution in [0.5, 0.6) is 0 Å². The third kappa shape index (κ3) is 3.00. The number of rotatable bonds is 4. The minimum absolute atomic E-state index is 0.0683. The van der Waals surface area contributed by atoms with Gasteiger partial charge in [0.15, 0.2) is 9.84 Å². The number of nitrogens with zero attached hydrogens (tertiary/aromatic N) is 1. The molecule has 1 unspecified atom stereocenters. The number of benzene rings is 2. The largest absolute Gasteiger partial charge is 0.277 e. The predicted molar refractivity (Wildman–Crippen MR) is 85.7 cm³/mol. The van der Waals surface area contributed by atoms with E-state index in [1.54, 1.807) is 42.5 Å². The smallest absolute Gasteiger partial charge is 0.274 e. The first-order chi connectivity index (χ1) is 11.0. The monoisotopic (exact) mass is 331 g/mol. The second kappa shape index (κ2) is 6.14. The summed E-state index contributed by atoms with van der Waals surface area (Å²) in [6.45, 7) is 0.221. The van der Waals surface area contributed by atoms with Gasteiger partial charge in [0, 0.05) is 11.5 Å². The van der Waals surface area contributed by atoms with E-state index in [1.165, 1.54) is 12.2 Å². The molecule has 2 aromatic rings. The van der Waals surface area contributed by atoms with Crippen molar-refractivity contribution in [1.29, 1.82) is 0 Å². The second-order valence-electron chi connectivity index (χ2n) is 5.43. The molecule has 5 nitrogen and oxygen atoms in total. The lowest BCUT2D eigenvalue weighted by Gasteiger charge is -2.32. The first kappa shape index (κ1) is 15.7. The molecule has 0 saturated heterocycles. The van der Waals surface area contributed by atoms with E-state index >= 15 is 0 Å². The fraction of sp³-hybridized carbons (Fsp3) is 0.235. The van der Waals surface area contributed by atoms with Crippen molar-refractivity contribution < 1.29 is 18.0 Å². The summed E-state index contributed by atoms with van der Waals surface area (Å²) in [6, 6.07) is 15.4. The van der Waals surface area contributed by atoms with Gasteiger partial charge in [-0.25, -0.2) is 13.5 Å². The normalized spacial score (nSPS) is 17.9. The molecule has 1 aliphatic rings. The topological polar surface area (TPSA) is 63.7 Å². The van der Waals surface area contributed by atoms with Crippen LogP contribution >= 0.6 is 0 Å². The third-order valence-electron chi connectivity index (χ3n) is 3.99. The summed E-state index contributed by atoms with van der Waals surface area (Å²) in [4.78, 5) is 17.7. The Hall–Kier alpha value is -2.18. The van der Waals surface area contributed by atoms with E-state index in [9.17, 15) is 13.2 Å². The molecule has 1 aliphatic heterocycles. The molecular weight excluding hydrogens is 314 g/mol. The molecule has 1 amide bonds. The maximum absolute atomic E-state index is 12.6. The molecule has 0 aliphatic carbocycles. The summed E-state index contributed by atoms with van der Waals surface area (Å²) in [5.74, 6) is -0.633. The van der Waals surface area contributed by atoms with Gasteiger partial charge < -0.3 is 0 Å². The van der Waals surface area contributed by atoms with Gasteiger partial charge in [-0.1, -0.05) is 36.4 Å². The number of amides is 1. The molecule has 0 spiro atoms. The summed E-state index contributed by atoms with van der Waals surface area (Å²) >= 11 is 0. The Balaban J connectivity index is 1.97. The van der Waals surface area contributed by atoms with Crippen LogP contribution in [0.1, 0.15) is 21.8 Å². The van der Waals surface area contributed by atoms with Crippen molar-refractivity contribution in [1.82, 2.24) is 5.06 Å². The van der Waals surface area contributed by atoms with E-state index in [4.69, 9.17) is 4.84 Å². The minimum Gasteiger partial charge on any atom is -0.274 e. The quantitative estimate of drug-likeness (QED) is 0.862. The lowest BCUT2D eigenvalue weighted by atomic mass is 9.91. The second-order valence-corrected chi connectivity index (χ2v) is 7.46. The number of hydrogen-bond acceptors (Lipinski definition) is 4. The van der Waals surface area contributed by atoms with E-state index in [-0.39, 0.29) is 24.1 Å². The molecule has 120 valence electrons. The highest BCUT2D eigenvalue weighted by atomic mass is 32.2. The van der Waals surface area contributed by atoms with Gasteiger partial charge in [0.05, 0.1) is 24.3 Å². The lowest BCUT2D eigenvalue weighted by molar-refractivity contribution is -0.100. The van der Waals surface area contributed by atoms with Gasteiger partial charge in [-0.05, 0) is 23.8 Å². The molecule has 0 fully saturated rings. The summed E-state index contributed by atoms with van der Waals surface area (Å²) in [6.07, 6.45) is 0. The van der Waals surface area contributed by atoms with Gasteiger partial charge in [-0.15, -0.1) is 0 Å². The first-order valence-electron chi connectivity index (χ1n) is 7.25. The molecule has 3 rings (SSSR count). The highest BCUT2D eigenvalue weighted by Gasteiger charge is 2.34. The maximum Gasteiger partial charge on any atom is 0.277 e. The number of fused-ring (bicyclic) bond motifs is 1. The summed E-state index contributed by atoms with van der Waals surface area (Å²) in [5.41, 5.74) is 1.25. The molecule has 23 heavy (non-hydrogen) atoms. The standard InChI is InChI=1S/C17H17NO4S/c1-22-18-11-13(15-9-5-6-10-16(15)17(18)19)12-23(20,21)14-7-3-2-4-8-14/h2-10,13H,11-12H2,1H3. The molecule has 0 radical (unpaired) electrons. The van der Waals surface area contributed by atoms with Crippen LogP contribution in [0.4, 0.5) is 0 Å². The van der Waals surface area contributed by atoms with Gasteiger partial charge in [0.1, 0.15) is 0 Å². The molecule has 0 aromatic heterocycles. The van der Waals surface area contributed by atoms with Crippen LogP contribution in [0.3, 0.4) is 0 Å². The molecular formula is C17H17NO4S. The molecule has 1 heterocycles. The Morgan fingerprint density at radius 3 is 2.43 bits per heavy atom. The van der Waals surface area contributed by atoms with Crippen molar-refractivity contribution in [3.8, 4) is 0 Å². The van der Waals surface area contributed by atoms with E-state index in [0.717, 1.165) is 5.56 Å². The molecule has 1 atom stereocenters. The Labute approximate surface area is 135 Å². The van der Waals surface area contributed by atoms with Crippen molar-refractivity contribution in [3.63, 3.8) is 0 Å². The molecule has 6 heteroatoms. The lowest BCUT2D eigenvalue weighted by Crippen LogP contribution is -2.41. The van der Waals surface area contributed by atoms with Crippen LogP contribution in [-0.4, -0.2) is 38.8 Å². The number of carbonyl (C=O) groups is 1. The zero-order valence-electron chi connectivity index (χ0n) is 12.7. The Morgan fingerprint density at radius 2 is 1.74 bits per heavy atom. The molecule has 0 bridgehead atoms. The summed E-state index contributed by atoms with van der Waals surface area (Å²) in [7, 11) is -2.03. The number of hydrogen-bond donors (Lipinski definition) is 0. The van der Waals surface area contributed by atoms with E-state index < -0.39 is 9.84 Å². The van der Waals surface area contributed by atoms with Crippen LogP contribution < -0.4 is 0 Å². The van der Waals surface area contributed by atoms with Crippen LogP contribution in [0.2, 0.25) is 0 Å². The van der Waals surface area contributed by atoms with Gasteiger partial charge in [0.25, 0.3) is 5.91 Å². The zero-order valence-corrected chi connectivity index (χ0v) is 13.5. The molecule has 0 saturated carbocycles. The van der Waals surface area contributed by atoms with E-state index in [2.05, 4.69) is 0 Å². The van der Waals surface area contributed by atoms with Crippen molar-refractivity contribution in [3.05, 3.63) is 65.7 Å². The maximum atomic E-state index is 12.6. The highest BCUT2D eigenvalue weighted by molar-refractivity contribution is 7.91. The van der Waals surface area contributed by atoms with Crippen molar-refractivity contribution in [2.45, 2.75) is 10.8 Å². The average molecular weight is 331 g/mol. The fourth-order valence-corrected chi connectivity index (χ4v) is 4.43. The highest BCUT2D eigenvalue weighted by Crippen LogP contribution is 2.30. The molecule has 2 aromatic carbocycles. The summed E-state index contributed by atoms with van der Waals surface area (Å²) in [5, 5.41) is 1.22.